The summed E-state index contributed by atoms with van der Waals surface area (Å²) in [6.45, 7) is 6.22. The first kappa shape index (κ1) is 33.7. The van der Waals surface area contributed by atoms with Crippen molar-refractivity contribution in [2.75, 3.05) is 13.2 Å². The fourth-order valence-electron chi connectivity index (χ4n) is 7.69. The molecule has 3 aliphatic rings. The van der Waals surface area contributed by atoms with Gasteiger partial charge in [-0.2, -0.15) is 0 Å². The van der Waals surface area contributed by atoms with Crippen molar-refractivity contribution in [3.63, 3.8) is 0 Å². The van der Waals surface area contributed by atoms with Gasteiger partial charge in [0, 0.05) is 13.2 Å². The number of ether oxygens (including phenoxy) is 2. The van der Waals surface area contributed by atoms with Crippen LogP contribution in [0.5, 0.6) is 0 Å². The van der Waals surface area contributed by atoms with E-state index in [9.17, 15) is 4.79 Å². The SMILES string of the molecule is CCCCCCCCCCOC1CCC2(CC1)C(=O)C1(CCC(OCCCCCCCCCC)CC1)C2(Cl)Cl. The van der Waals surface area contributed by atoms with Crippen molar-refractivity contribution in [1.29, 1.82) is 0 Å². The van der Waals surface area contributed by atoms with Crippen LogP contribution in [0.1, 0.15) is 168 Å². The average molecular weight is 588 g/mol. The number of Topliss-reactive ketones (excluding diaryl/α,β-unsaturated/α-hetero) is 1. The van der Waals surface area contributed by atoms with Crippen LogP contribution in [-0.4, -0.2) is 35.5 Å². The fraction of sp³-hybridized carbons (Fsp3) is 0.971. The molecule has 0 amide bonds. The number of carbonyl (C=O) groups is 1. The number of hydrogen-bond acceptors (Lipinski definition) is 3. The van der Waals surface area contributed by atoms with Gasteiger partial charge in [-0.25, -0.2) is 0 Å². The van der Waals surface area contributed by atoms with Crippen molar-refractivity contribution >= 4 is 29.0 Å². The summed E-state index contributed by atoms with van der Waals surface area (Å²) in [7, 11) is 0. The number of carbonyl (C=O) groups excluding carboxylic acids is 1. The lowest BCUT2D eigenvalue weighted by Crippen LogP contribution is -2.74. The van der Waals surface area contributed by atoms with Gasteiger partial charge in [0.05, 0.1) is 23.0 Å². The molecule has 0 unspecified atom stereocenters. The third-order valence-corrected chi connectivity index (χ3v) is 11.8. The van der Waals surface area contributed by atoms with Crippen LogP contribution in [0.15, 0.2) is 0 Å². The van der Waals surface area contributed by atoms with Crippen molar-refractivity contribution in [3.05, 3.63) is 0 Å². The minimum Gasteiger partial charge on any atom is -0.378 e. The van der Waals surface area contributed by atoms with Crippen LogP contribution in [0.4, 0.5) is 0 Å². The first-order valence-electron chi connectivity index (χ1n) is 17.1. The third kappa shape index (κ3) is 8.61. The first-order chi connectivity index (χ1) is 18.9. The second kappa shape index (κ2) is 17.3. The Bertz CT molecular complexity index is 624. The Balaban J connectivity index is 1.28. The Morgan fingerprint density at radius 1 is 0.564 bits per heavy atom. The second-order valence-electron chi connectivity index (χ2n) is 13.2. The number of alkyl halides is 2. The molecule has 0 saturated heterocycles. The zero-order chi connectivity index (χ0) is 28.0. The van der Waals surface area contributed by atoms with Gasteiger partial charge in [0.1, 0.15) is 4.33 Å². The highest BCUT2D eigenvalue weighted by atomic mass is 35.5. The van der Waals surface area contributed by atoms with Gasteiger partial charge in [-0.05, 0) is 64.2 Å². The van der Waals surface area contributed by atoms with Gasteiger partial charge in [-0.3, -0.25) is 4.79 Å². The molecule has 0 aromatic heterocycles. The van der Waals surface area contributed by atoms with Gasteiger partial charge in [-0.1, -0.05) is 127 Å². The monoisotopic (exact) mass is 586 g/mol. The van der Waals surface area contributed by atoms with Crippen LogP contribution in [0.25, 0.3) is 0 Å². The molecule has 39 heavy (non-hydrogen) atoms. The Labute approximate surface area is 251 Å². The fourth-order valence-corrected chi connectivity index (χ4v) is 8.79. The van der Waals surface area contributed by atoms with Crippen molar-refractivity contribution in [2.24, 2.45) is 10.8 Å². The van der Waals surface area contributed by atoms with Gasteiger partial charge >= 0.3 is 0 Å². The summed E-state index contributed by atoms with van der Waals surface area (Å²) in [6.07, 6.45) is 28.3. The van der Waals surface area contributed by atoms with E-state index in [0.717, 1.165) is 77.4 Å². The molecule has 2 spiro atoms. The maximum atomic E-state index is 13.7. The molecule has 0 aliphatic heterocycles. The lowest BCUT2D eigenvalue weighted by molar-refractivity contribution is -0.176. The molecule has 228 valence electrons. The molecule has 0 bridgehead atoms. The Hall–Kier alpha value is 0.170. The molecule has 0 N–H and O–H groups in total. The predicted molar refractivity (Wildman–Crippen MR) is 166 cm³/mol. The Morgan fingerprint density at radius 3 is 1.18 bits per heavy atom. The molecule has 3 saturated carbocycles. The Kier molecular flexibility index (Phi) is 15.0. The smallest absolute Gasteiger partial charge is 0.151 e. The highest BCUT2D eigenvalue weighted by molar-refractivity contribution is 6.55. The zero-order valence-electron chi connectivity index (χ0n) is 25.5. The molecule has 3 fully saturated rings. The highest BCUT2D eigenvalue weighted by Crippen LogP contribution is 2.74. The lowest BCUT2D eigenvalue weighted by Gasteiger charge is -2.66. The van der Waals surface area contributed by atoms with E-state index in [1.165, 1.54) is 89.9 Å². The van der Waals surface area contributed by atoms with Crippen LogP contribution >= 0.6 is 23.2 Å². The van der Waals surface area contributed by atoms with Gasteiger partial charge < -0.3 is 9.47 Å². The molecule has 0 aromatic rings. The zero-order valence-corrected chi connectivity index (χ0v) is 27.0. The van der Waals surface area contributed by atoms with E-state index in [2.05, 4.69) is 13.8 Å². The first-order valence-corrected chi connectivity index (χ1v) is 17.8. The molecular weight excluding hydrogens is 527 g/mol. The number of unbranched alkanes of at least 4 members (excludes halogenated alkanes) is 14. The van der Waals surface area contributed by atoms with E-state index in [4.69, 9.17) is 32.7 Å². The summed E-state index contributed by atoms with van der Waals surface area (Å²) in [5.41, 5.74) is -1.11. The third-order valence-electron chi connectivity index (χ3n) is 10.3. The number of ketones is 1. The molecule has 0 atom stereocenters. The second-order valence-corrected chi connectivity index (χ2v) is 14.5. The summed E-state index contributed by atoms with van der Waals surface area (Å²) in [4.78, 5) is 13.7. The van der Waals surface area contributed by atoms with Crippen LogP contribution in [-0.2, 0) is 14.3 Å². The summed E-state index contributed by atoms with van der Waals surface area (Å²) < 4.78 is 11.5. The minimum absolute atomic E-state index is 0.258. The topological polar surface area (TPSA) is 35.5 Å². The van der Waals surface area contributed by atoms with Gasteiger partial charge in [0.25, 0.3) is 0 Å². The molecule has 3 rings (SSSR count). The molecule has 3 nitrogen and oxygen atoms in total. The largest absolute Gasteiger partial charge is 0.378 e. The van der Waals surface area contributed by atoms with Crippen LogP contribution in [0, 0.1) is 10.8 Å². The molecule has 0 heterocycles. The van der Waals surface area contributed by atoms with Crippen molar-refractivity contribution in [2.45, 2.75) is 184 Å². The van der Waals surface area contributed by atoms with E-state index in [1.807, 2.05) is 0 Å². The van der Waals surface area contributed by atoms with E-state index >= 15 is 0 Å². The number of halogens is 2. The van der Waals surface area contributed by atoms with E-state index < -0.39 is 15.2 Å². The van der Waals surface area contributed by atoms with Crippen molar-refractivity contribution in [3.8, 4) is 0 Å². The Morgan fingerprint density at radius 2 is 0.872 bits per heavy atom. The molecule has 3 aliphatic carbocycles. The van der Waals surface area contributed by atoms with Gasteiger partial charge in [0.2, 0.25) is 0 Å². The summed E-state index contributed by atoms with van der Waals surface area (Å²) in [5.74, 6) is 0.350. The summed E-state index contributed by atoms with van der Waals surface area (Å²) >= 11 is 14.3. The number of hydrogen-bond donors (Lipinski definition) is 0. The van der Waals surface area contributed by atoms with Crippen LogP contribution in [0.3, 0.4) is 0 Å². The van der Waals surface area contributed by atoms with Crippen molar-refractivity contribution < 1.29 is 14.3 Å². The molecule has 5 heteroatoms. The van der Waals surface area contributed by atoms with Gasteiger partial charge in [-0.15, -0.1) is 0 Å². The van der Waals surface area contributed by atoms with Crippen LogP contribution < -0.4 is 0 Å². The van der Waals surface area contributed by atoms with E-state index in [-0.39, 0.29) is 12.2 Å². The maximum absolute atomic E-state index is 13.7. The quantitative estimate of drug-likeness (QED) is 0.105. The normalized spacial score (nSPS) is 30.2. The van der Waals surface area contributed by atoms with Crippen LogP contribution in [0.2, 0.25) is 0 Å². The summed E-state index contributed by atoms with van der Waals surface area (Å²) in [5, 5.41) is 0. The predicted octanol–water partition coefficient (Wildman–Crippen LogP) is 10.9. The average Bonchev–Trinajstić information content (AvgIpc) is 2.95. The summed E-state index contributed by atoms with van der Waals surface area (Å²) in [6, 6.07) is 0. The molecule has 0 radical (unpaired) electrons. The molecule has 0 aromatic carbocycles. The van der Waals surface area contributed by atoms with E-state index in [0.29, 0.717) is 5.78 Å². The standard InChI is InChI=1S/C34H60Cl2O3/c1-3-5-7-9-11-13-15-17-27-38-29-19-23-32(24-20-29)31(37)33(34(32,35)36)25-21-30(22-26-33)39-28-18-16-14-12-10-8-6-4-2/h29-30H,3-28H2,1-2H3. The number of rotatable bonds is 20. The van der Waals surface area contributed by atoms with E-state index in [1.54, 1.807) is 0 Å². The highest BCUT2D eigenvalue weighted by Gasteiger charge is 2.79. The lowest BCUT2D eigenvalue weighted by atomic mass is 9.43. The minimum atomic E-state index is -0.942. The molecular formula is C34H60Cl2O3. The van der Waals surface area contributed by atoms with Crippen molar-refractivity contribution in [1.82, 2.24) is 0 Å². The van der Waals surface area contributed by atoms with Gasteiger partial charge in [0.15, 0.2) is 5.78 Å². The maximum Gasteiger partial charge on any atom is 0.151 e.